The van der Waals surface area contributed by atoms with Gasteiger partial charge in [-0.15, -0.1) is 0 Å². The van der Waals surface area contributed by atoms with Crippen LogP contribution in [0.4, 0.5) is 11.4 Å². The minimum absolute atomic E-state index is 0.0951. The molecule has 0 bridgehead atoms. The minimum Gasteiger partial charge on any atom is -0.322 e. The van der Waals surface area contributed by atoms with Crippen LogP contribution in [-0.4, -0.2) is 19.3 Å². The van der Waals surface area contributed by atoms with Gasteiger partial charge in [-0.1, -0.05) is 34.1 Å². The molecule has 0 aliphatic rings. The number of sulfonamides is 1. The first-order valence-electron chi connectivity index (χ1n) is 8.96. The van der Waals surface area contributed by atoms with E-state index in [1.807, 2.05) is 12.1 Å². The molecule has 8 heteroatoms. The lowest BCUT2D eigenvalue weighted by Gasteiger charge is -2.11. The van der Waals surface area contributed by atoms with Gasteiger partial charge in [-0.05, 0) is 60.7 Å². The monoisotopic (exact) mass is 481 g/mol. The van der Waals surface area contributed by atoms with Gasteiger partial charge in [-0.2, -0.15) is 0 Å². The molecule has 0 radical (unpaired) electrons. The van der Waals surface area contributed by atoms with Crippen LogP contribution in [0.1, 0.15) is 10.4 Å². The number of para-hydroxylation sites is 1. The van der Waals surface area contributed by atoms with Gasteiger partial charge in [-0.3, -0.25) is 14.5 Å². The van der Waals surface area contributed by atoms with Crippen molar-refractivity contribution in [2.24, 2.45) is 0 Å². The number of hydrogen-bond acceptors (Lipinski definition) is 4. The summed E-state index contributed by atoms with van der Waals surface area (Å²) in [7, 11) is -3.84. The lowest BCUT2D eigenvalue weighted by molar-refractivity contribution is 0.102. The van der Waals surface area contributed by atoms with E-state index in [0.29, 0.717) is 22.5 Å². The van der Waals surface area contributed by atoms with Gasteiger partial charge in [0.25, 0.3) is 15.9 Å². The van der Waals surface area contributed by atoms with Gasteiger partial charge < -0.3 is 5.32 Å². The lowest BCUT2D eigenvalue weighted by Crippen LogP contribution is -2.15. The third-order valence-corrected chi connectivity index (χ3v) is 6.33. The Kier molecular flexibility index (Phi) is 5.52. The molecule has 1 aromatic heterocycles. The Morgan fingerprint density at radius 1 is 0.833 bits per heavy atom. The van der Waals surface area contributed by atoms with E-state index in [1.165, 1.54) is 6.07 Å². The zero-order chi connectivity index (χ0) is 21.1. The summed E-state index contributed by atoms with van der Waals surface area (Å²) in [4.78, 5) is 16.7. The molecule has 4 aromatic rings. The van der Waals surface area contributed by atoms with Crippen LogP contribution in [0.25, 0.3) is 10.9 Å². The van der Waals surface area contributed by atoms with E-state index < -0.39 is 10.0 Å². The fourth-order valence-corrected chi connectivity index (χ4v) is 4.43. The molecule has 0 unspecified atom stereocenters. The summed E-state index contributed by atoms with van der Waals surface area (Å²) in [5.74, 6) is -0.287. The topological polar surface area (TPSA) is 88.2 Å². The van der Waals surface area contributed by atoms with Crippen LogP contribution < -0.4 is 10.0 Å². The van der Waals surface area contributed by atoms with E-state index in [2.05, 4.69) is 31.0 Å². The van der Waals surface area contributed by atoms with Crippen molar-refractivity contribution < 1.29 is 13.2 Å². The molecule has 2 N–H and O–H groups in total. The number of nitrogens with zero attached hydrogens (tertiary/aromatic N) is 1. The van der Waals surface area contributed by atoms with Crippen LogP contribution in [0.2, 0.25) is 0 Å². The second-order valence-corrected chi connectivity index (χ2v) is 9.04. The SMILES string of the molecule is O=C(Nc1ccc(Br)cc1)c1ccc(NS(=O)(=O)c2cccc3cccnc23)cc1. The highest BCUT2D eigenvalue weighted by Gasteiger charge is 2.18. The van der Waals surface area contributed by atoms with E-state index in [4.69, 9.17) is 0 Å². The first kappa shape index (κ1) is 20.1. The van der Waals surface area contributed by atoms with E-state index in [-0.39, 0.29) is 10.8 Å². The van der Waals surface area contributed by atoms with E-state index in [0.717, 1.165) is 9.86 Å². The van der Waals surface area contributed by atoms with Crippen molar-refractivity contribution in [2.75, 3.05) is 10.0 Å². The number of rotatable bonds is 5. The van der Waals surface area contributed by atoms with E-state index in [9.17, 15) is 13.2 Å². The molecule has 0 fully saturated rings. The lowest BCUT2D eigenvalue weighted by atomic mass is 10.2. The molecular formula is C22H16BrN3O3S. The highest BCUT2D eigenvalue weighted by Crippen LogP contribution is 2.23. The zero-order valence-corrected chi connectivity index (χ0v) is 17.9. The van der Waals surface area contributed by atoms with Crippen LogP contribution in [-0.2, 0) is 10.0 Å². The number of carbonyl (C=O) groups excluding carboxylic acids is 1. The van der Waals surface area contributed by atoms with Crippen molar-refractivity contribution in [3.05, 3.63) is 95.1 Å². The number of nitrogens with one attached hydrogen (secondary N) is 2. The molecule has 0 aliphatic carbocycles. The third-order valence-electron chi connectivity index (χ3n) is 4.39. The molecule has 6 nitrogen and oxygen atoms in total. The highest BCUT2D eigenvalue weighted by molar-refractivity contribution is 9.10. The predicted octanol–water partition coefficient (Wildman–Crippen LogP) is 5.05. The fourth-order valence-electron chi connectivity index (χ4n) is 2.93. The molecule has 0 saturated heterocycles. The molecule has 0 saturated carbocycles. The summed E-state index contributed by atoms with van der Waals surface area (Å²) in [6.45, 7) is 0. The minimum atomic E-state index is -3.84. The molecule has 0 aliphatic heterocycles. The maximum atomic E-state index is 12.9. The maximum Gasteiger partial charge on any atom is 0.264 e. The number of carbonyl (C=O) groups is 1. The van der Waals surface area contributed by atoms with Crippen LogP contribution in [0.15, 0.2) is 94.4 Å². The summed E-state index contributed by atoms with van der Waals surface area (Å²) in [6, 6.07) is 22.0. The summed E-state index contributed by atoms with van der Waals surface area (Å²) in [5, 5.41) is 3.53. The van der Waals surface area contributed by atoms with Crippen LogP contribution in [0.3, 0.4) is 0 Å². The average molecular weight is 482 g/mol. The smallest absolute Gasteiger partial charge is 0.264 e. The zero-order valence-electron chi connectivity index (χ0n) is 15.5. The number of anilines is 2. The second-order valence-electron chi connectivity index (χ2n) is 6.48. The van der Waals surface area contributed by atoms with Crippen molar-refractivity contribution in [3.8, 4) is 0 Å². The maximum absolute atomic E-state index is 12.9. The first-order valence-corrected chi connectivity index (χ1v) is 11.2. The molecule has 1 heterocycles. The third kappa shape index (κ3) is 4.34. The number of hydrogen-bond donors (Lipinski definition) is 2. The Bertz CT molecular complexity index is 1320. The molecule has 150 valence electrons. The van der Waals surface area contributed by atoms with E-state index in [1.54, 1.807) is 66.9 Å². The van der Waals surface area contributed by atoms with Gasteiger partial charge in [0.1, 0.15) is 4.90 Å². The summed E-state index contributed by atoms with van der Waals surface area (Å²) < 4.78 is 29.2. The van der Waals surface area contributed by atoms with Gasteiger partial charge in [0.2, 0.25) is 0 Å². The fraction of sp³-hybridized carbons (Fsp3) is 0. The Balaban J connectivity index is 1.52. The Morgan fingerprint density at radius 3 is 2.23 bits per heavy atom. The molecule has 0 atom stereocenters. The van der Waals surface area contributed by atoms with Gasteiger partial charge in [0.15, 0.2) is 0 Å². The van der Waals surface area contributed by atoms with Crippen molar-refractivity contribution >= 4 is 54.1 Å². The van der Waals surface area contributed by atoms with Gasteiger partial charge in [0, 0.05) is 33.0 Å². The van der Waals surface area contributed by atoms with Gasteiger partial charge in [0.05, 0.1) is 5.52 Å². The van der Waals surface area contributed by atoms with Gasteiger partial charge in [-0.25, -0.2) is 8.42 Å². The van der Waals surface area contributed by atoms with Crippen LogP contribution in [0.5, 0.6) is 0 Å². The largest absolute Gasteiger partial charge is 0.322 e. The standard InChI is InChI=1S/C22H16BrN3O3S/c23-17-8-12-18(13-9-17)25-22(27)16-6-10-19(11-7-16)26-30(28,29)20-5-1-3-15-4-2-14-24-21(15)20/h1-14,26H,(H,25,27). The quantitative estimate of drug-likeness (QED) is 0.417. The number of pyridine rings is 1. The molecule has 4 rings (SSSR count). The van der Waals surface area contributed by atoms with Crippen molar-refractivity contribution in [1.29, 1.82) is 0 Å². The second kappa shape index (κ2) is 8.25. The van der Waals surface area contributed by atoms with Gasteiger partial charge >= 0.3 is 0 Å². The Labute approximate surface area is 182 Å². The highest BCUT2D eigenvalue weighted by atomic mass is 79.9. The average Bonchev–Trinajstić information content (AvgIpc) is 2.75. The molecule has 30 heavy (non-hydrogen) atoms. The van der Waals surface area contributed by atoms with Crippen molar-refractivity contribution in [1.82, 2.24) is 4.98 Å². The molecule has 1 amide bonds. The summed E-state index contributed by atoms with van der Waals surface area (Å²) >= 11 is 3.35. The number of fused-ring (bicyclic) bond motifs is 1. The molecule has 0 spiro atoms. The van der Waals surface area contributed by atoms with Crippen LogP contribution in [0, 0.1) is 0 Å². The molecular weight excluding hydrogens is 466 g/mol. The normalized spacial score (nSPS) is 11.2. The Morgan fingerprint density at radius 2 is 1.50 bits per heavy atom. The predicted molar refractivity (Wildman–Crippen MR) is 121 cm³/mol. The first-order chi connectivity index (χ1) is 14.4. The van der Waals surface area contributed by atoms with Crippen molar-refractivity contribution in [3.63, 3.8) is 0 Å². The number of amides is 1. The summed E-state index contributed by atoms with van der Waals surface area (Å²) in [6.07, 6.45) is 1.56. The van der Waals surface area contributed by atoms with Crippen LogP contribution >= 0.6 is 15.9 Å². The summed E-state index contributed by atoms with van der Waals surface area (Å²) in [5.41, 5.74) is 1.82. The molecule has 3 aromatic carbocycles. The number of halogens is 1. The van der Waals surface area contributed by atoms with Crippen molar-refractivity contribution in [2.45, 2.75) is 4.90 Å². The Hall–Kier alpha value is -3.23. The number of aromatic nitrogens is 1. The number of benzene rings is 3. The van der Waals surface area contributed by atoms with E-state index >= 15 is 0 Å².